The van der Waals surface area contributed by atoms with Gasteiger partial charge < -0.3 is 14.8 Å². The Labute approximate surface area is 93.4 Å². The Morgan fingerprint density at radius 1 is 1.38 bits per heavy atom. The van der Waals surface area contributed by atoms with E-state index in [4.69, 9.17) is 9.47 Å². The normalized spacial score (nSPS) is 12.5. The molecule has 0 saturated heterocycles. The molecule has 5 heteroatoms. The minimum atomic E-state index is -0.972. The molecule has 0 radical (unpaired) electrons. The highest BCUT2D eigenvalue weighted by molar-refractivity contribution is 5.25. The van der Waals surface area contributed by atoms with Crippen LogP contribution in [-0.4, -0.2) is 33.4 Å². The van der Waals surface area contributed by atoms with Crippen LogP contribution in [0.4, 0.5) is 8.78 Å². The third kappa shape index (κ3) is 3.43. The zero-order chi connectivity index (χ0) is 12.0. The average molecular weight is 231 g/mol. The zero-order valence-electron chi connectivity index (χ0n) is 9.30. The van der Waals surface area contributed by atoms with Crippen molar-refractivity contribution in [1.82, 2.24) is 5.32 Å². The quantitative estimate of drug-likeness (QED) is 0.806. The van der Waals surface area contributed by atoms with Crippen molar-refractivity contribution in [3.05, 3.63) is 29.8 Å². The number of hydrogen-bond donors (Lipinski definition) is 1. The van der Waals surface area contributed by atoms with Gasteiger partial charge in [0, 0.05) is 13.7 Å². The molecule has 1 aromatic carbocycles. The predicted molar refractivity (Wildman–Crippen MR) is 56.6 cm³/mol. The fourth-order valence-electron chi connectivity index (χ4n) is 1.30. The molecule has 0 heterocycles. The molecule has 3 nitrogen and oxygen atoms in total. The van der Waals surface area contributed by atoms with Crippen LogP contribution in [0.25, 0.3) is 0 Å². The van der Waals surface area contributed by atoms with E-state index in [1.54, 1.807) is 7.05 Å². The molecule has 0 aliphatic heterocycles. The van der Waals surface area contributed by atoms with Crippen LogP contribution in [0.15, 0.2) is 18.2 Å². The Kier molecular flexibility index (Phi) is 5.14. The summed E-state index contributed by atoms with van der Waals surface area (Å²) in [7, 11) is 3.27. The van der Waals surface area contributed by atoms with Crippen molar-refractivity contribution in [3.63, 3.8) is 0 Å². The van der Waals surface area contributed by atoms with Gasteiger partial charge in [-0.15, -0.1) is 0 Å². The summed E-state index contributed by atoms with van der Waals surface area (Å²) in [5.74, 6) is -1.99. The van der Waals surface area contributed by atoms with E-state index in [0.29, 0.717) is 13.2 Å². The standard InChI is InChI=1S/C11H15F2NO2/c1-14-6-8(7-15-2)16-10-5-3-4-9(12)11(10)13/h3-5,8,14H,6-7H2,1-2H3. The second-order valence-corrected chi connectivity index (χ2v) is 3.30. The van der Waals surface area contributed by atoms with Gasteiger partial charge in [0.15, 0.2) is 11.6 Å². The summed E-state index contributed by atoms with van der Waals surface area (Å²) >= 11 is 0. The van der Waals surface area contributed by atoms with Gasteiger partial charge in [0.2, 0.25) is 5.82 Å². The second-order valence-electron chi connectivity index (χ2n) is 3.30. The lowest BCUT2D eigenvalue weighted by Gasteiger charge is -2.18. The molecule has 0 bridgehead atoms. The summed E-state index contributed by atoms with van der Waals surface area (Å²) in [4.78, 5) is 0. The van der Waals surface area contributed by atoms with Crippen LogP contribution < -0.4 is 10.1 Å². The Morgan fingerprint density at radius 3 is 2.75 bits per heavy atom. The van der Waals surface area contributed by atoms with E-state index in [-0.39, 0.29) is 11.9 Å². The average Bonchev–Trinajstić information content (AvgIpc) is 2.25. The Bertz CT molecular complexity index is 328. The first kappa shape index (κ1) is 12.9. The summed E-state index contributed by atoms with van der Waals surface area (Å²) in [5.41, 5.74) is 0. The first-order chi connectivity index (χ1) is 7.69. The van der Waals surface area contributed by atoms with Crippen molar-refractivity contribution in [2.24, 2.45) is 0 Å². The maximum absolute atomic E-state index is 13.3. The lowest BCUT2D eigenvalue weighted by Crippen LogP contribution is -2.33. The minimum absolute atomic E-state index is 0.0997. The largest absolute Gasteiger partial charge is 0.483 e. The van der Waals surface area contributed by atoms with Crippen molar-refractivity contribution >= 4 is 0 Å². The van der Waals surface area contributed by atoms with Gasteiger partial charge >= 0.3 is 0 Å². The fraction of sp³-hybridized carbons (Fsp3) is 0.455. The minimum Gasteiger partial charge on any atom is -0.483 e. The van der Waals surface area contributed by atoms with Gasteiger partial charge in [0.1, 0.15) is 6.10 Å². The van der Waals surface area contributed by atoms with Gasteiger partial charge in [-0.3, -0.25) is 0 Å². The van der Waals surface area contributed by atoms with Crippen molar-refractivity contribution < 1.29 is 18.3 Å². The molecule has 0 aliphatic rings. The van der Waals surface area contributed by atoms with E-state index >= 15 is 0 Å². The van der Waals surface area contributed by atoms with Gasteiger partial charge in [-0.25, -0.2) is 4.39 Å². The maximum atomic E-state index is 13.3. The lowest BCUT2D eigenvalue weighted by atomic mass is 10.3. The molecule has 1 atom stereocenters. The number of likely N-dealkylation sites (N-methyl/N-ethyl adjacent to an activating group) is 1. The summed E-state index contributed by atoms with van der Waals surface area (Å²) < 4.78 is 36.4. The second kappa shape index (κ2) is 6.40. The smallest absolute Gasteiger partial charge is 0.200 e. The summed E-state index contributed by atoms with van der Waals surface area (Å²) in [5, 5.41) is 2.89. The van der Waals surface area contributed by atoms with E-state index in [0.717, 1.165) is 6.07 Å². The van der Waals surface area contributed by atoms with Crippen LogP contribution >= 0.6 is 0 Å². The van der Waals surface area contributed by atoms with Gasteiger partial charge in [0.05, 0.1) is 6.61 Å². The van der Waals surface area contributed by atoms with Crippen LogP contribution in [0.3, 0.4) is 0 Å². The number of hydrogen-bond acceptors (Lipinski definition) is 3. The third-order valence-electron chi connectivity index (χ3n) is 1.99. The molecule has 0 saturated carbocycles. The molecule has 16 heavy (non-hydrogen) atoms. The van der Waals surface area contributed by atoms with Crippen LogP contribution in [0.2, 0.25) is 0 Å². The van der Waals surface area contributed by atoms with Gasteiger partial charge in [-0.2, -0.15) is 4.39 Å². The SMILES string of the molecule is CNCC(COC)Oc1cccc(F)c1F. The number of methoxy groups -OCH3 is 1. The zero-order valence-corrected chi connectivity index (χ0v) is 9.30. The van der Waals surface area contributed by atoms with Crippen LogP contribution in [-0.2, 0) is 4.74 Å². The number of rotatable bonds is 6. The monoisotopic (exact) mass is 231 g/mol. The topological polar surface area (TPSA) is 30.5 Å². The van der Waals surface area contributed by atoms with Crippen molar-refractivity contribution in [2.45, 2.75) is 6.10 Å². The predicted octanol–water partition coefficient (Wildman–Crippen LogP) is 1.58. The molecule has 1 rings (SSSR count). The van der Waals surface area contributed by atoms with E-state index in [1.807, 2.05) is 0 Å². The van der Waals surface area contributed by atoms with Crippen LogP contribution in [0.5, 0.6) is 5.75 Å². The number of nitrogens with one attached hydrogen (secondary N) is 1. The summed E-state index contributed by atoms with van der Waals surface area (Å²) in [6.45, 7) is 0.792. The first-order valence-corrected chi connectivity index (χ1v) is 4.93. The molecule has 0 spiro atoms. The molecule has 1 aromatic rings. The van der Waals surface area contributed by atoms with E-state index < -0.39 is 11.6 Å². The first-order valence-electron chi connectivity index (χ1n) is 4.93. The maximum Gasteiger partial charge on any atom is 0.200 e. The van der Waals surface area contributed by atoms with E-state index in [2.05, 4.69) is 5.32 Å². The molecule has 0 aromatic heterocycles. The van der Waals surface area contributed by atoms with Crippen molar-refractivity contribution in [2.75, 3.05) is 27.3 Å². The molecular formula is C11H15F2NO2. The fourth-order valence-corrected chi connectivity index (χ4v) is 1.30. The van der Waals surface area contributed by atoms with Gasteiger partial charge in [-0.05, 0) is 19.2 Å². The molecule has 0 fully saturated rings. The Balaban J connectivity index is 2.72. The Morgan fingerprint density at radius 2 is 2.12 bits per heavy atom. The summed E-state index contributed by atoms with van der Waals surface area (Å²) in [6.07, 6.45) is -0.355. The van der Waals surface area contributed by atoms with E-state index in [9.17, 15) is 8.78 Å². The van der Waals surface area contributed by atoms with Crippen molar-refractivity contribution in [1.29, 1.82) is 0 Å². The van der Waals surface area contributed by atoms with Gasteiger partial charge in [0.25, 0.3) is 0 Å². The molecule has 90 valence electrons. The van der Waals surface area contributed by atoms with Crippen LogP contribution in [0.1, 0.15) is 0 Å². The number of ether oxygens (including phenoxy) is 2. The summed E-state index contributed by atoms with van der Waals surface area (Å²) in [6, 6.07) is 3.83. The van der Waals surface area contributed by atoms with E-state index in [1.165, 1.54) is 19.2 Å². The van der Waals surface area contributed by atoms with Crippen molar-refractivity contribution in [3.8, 4) is 5.75 Å². The highest BCUT2D eigenvalue weighted by Crippen LogP contribution is 2.20. The molecule has 0 aliphatic carbocycles. The molecule has 1 N–H and O–H groups in total. The lowest BCUT2D eigenvalue weighted by molar-refractivity contribution is 0.0785. The third-order valence-corrected chi connectivity index (χ3v) is 1.99. The molecular weight excluding hydrogens is 216 g/mol. The number of benzene rings is 1. The highest BCUT2D eigenvalue weighted by atomic mass is 19.2. The molecule has 0 amide bonds. The number of halogens is 2. The van der Waals surface area contributed by atoms with Gasteiger partial charge in [-0.1, -0.05) is 6.07 Å². The van der Waals surface area contributed by atoms with Crippen LogP contribution in [0, 0.1) is 11.6 Å². The Hall–Kier alpha value is -1.20. The highest BCUT2D eigenvalue weighted by Gasteiger charge is 2.14. The molecule has 1 unspecified atom stereocenters.